The molecule has 2 unspecified atom stereocenters. The minimum absolute atomic E-state index is 0.140. The summed E-state index contributed by atoms with van der Waals surface area (Å²) in [4.78, 5) is 27.4. The predicted octanol–water partition coefficient (Wildman–Crippen LogP) is 7.75. The molecule has 0 aromatic heterocycles. The number of aliphatic hydroxyl groups is 1. The summed E-state index contributed by atoms with van der Waals surface area (Å²) in [7, 11) is 0. The highest BCUT2D eigenvalue weighted by molar-refractivity contribution is 5.90. The molecule has 0 saturated carbocycles. The molecule has 0 amide bonds. The van der Waals surface area contributed by atoms with Gasteiger partial charge in [-0.15, -0.1) is 0 Å². The van der Waals surface area contributed by atoms with Gasteiger partial charge in [0.15, 0.2) is 12.2 Å². The number of hydrogen-bond donors (Lipinski definition) is 1. The second-order valence-electron chi connectivity index (χ2n) is 13.0. The Hall–Kier alpha value is -5.90. The highest BCUT2D eigenvalue weighted by Gasteiger charge is 2.60. The van der Waals surface area contributed by atoms with Gasteiger partial charge in [-0.1, -0.05) is 158 Å². The number of hydrogen-bond acceptors (Lipinski definition) is 8. The first-order chi connectivity index (χ1) is 26.5. The van der Waals surface area contributed by atoms with Crippen LogP contribution < -0.4 is 0 Å². The molecular formula is C46H40O8. The minimum Gasteiger partial charge on any atom is -0.452 e. The first-order valence-corrected chi connectivity index (χ1v) is 17.8. The molecule has 1 heterocycles. The first kappa shape index (κ1) is 36.5. The fraction of sp³-hybridized carbons (Fsp3) is 0.174. The van der Waals surface area contributed by atoms with E-state index in [1.54, 1.807) is 60.7 Å². The highest BCUT2D eigenvalue weighted by Crippen LogP contribution is 2.43. The molecule has 1 fully saturated rings. The molecule has 0 radical (unpaired) electrons. The van der Waals surface area contributed by atoms with Gasteiger partial charge in [0.2, 0.25) is 5.79 Å². The van der Waals surface area contributed by atoms with Crippen molar-refractivity contribution in [1.82, 2.24) is 0 Å². The van der Waals surface area contributed by atoms with E-state index < -0.39 is 48.2 Å². The Morgan fingerprint density at radius 3 is 1.44 bits per heavy atom. The van der Waals surface area contributed by atoms with Gasteiger partial charge in [0.1, 0.15) is 18.3 Å². The number of rotatable bonds is 14. The molecule has 4 atom stereocenters. The van der Waals surface area contributed by atoms with Gasteiger partial charge < -0.3 is 28.8 Å². The van der Waals surface area contributed by atoms with Gasteiger partial charge >= 0.3 is 11.9 Å². The summed E-state index contributed by atoms with van der Waals surface area (Å²) in [5.41, 5.74) is 2.73. The Morgan fingerprint density at radius 2 is 0.981 bits per heavy atom. The molecule has 6 aromatic carbocycles. The second-order valence-corrected chi connectivity index (χ2v) is 13.0. The zero-order valence-electron chi connectivity index (χ0n) is 29.5. The molecule has 6 aromatic rings. The molecule has 8 heteroatoms. The van der Waals surface area contributed by atoms with Crippen LogP contribution >= 0.6 is 0 Å². The zero-order valence-corrected chi connectivity index (χ0v) is 29.5. The molecule has 1 saturated heterocycles. The van der Waals surface area contributed by atoms with Crippen molar-refractivity contribution >= 4 is 11.9 Å². The number of ether oxygens (including phenoxy) is 5. The Labute approximate surface area is 314 Å². The Kier molecular flexibility index (Phi) is 11.4. The molecule has 0 bridgehead atoms. The molecule has 0 spiro atoms. The predicted molar refractivity (Wildman–Crippen MR) is 202 cm³/mol. The average Bonchev–Trinajstić information content (AvgIpc) is 3.49. The van der Waals surface area contributed by atoms with E-state index in [1.165, 1.54) is 0 Å². The van der Waals surface area contributed by atoms with E-state index >= 15 is 0 Å². The average molecular weight is 721 g/mol. The third kappa shape index (κ3) is 8.02. The maximum atomic E-state index is 13.8. The molecule has 1 aliphatic heterocycles. The largest absolute Gasteiger partial charge is 0.452 e. The third-order valence-corrected chi connectivity index (χ3v) is 9.39. The number of carbonyl (C=O) groups is 2. The van der Waals surface area contributed by atoms with E-state index in [0.29, 0.717) is 0 Å². The molecule has 1 N–H and O–H groups in total. The zero-order chi connectivity index (χ0) is 37.2. The van der Waals surface area contributed by atoms with E-state index in [0.717, 1.165) is 22.3 Å². The lowest BCUT2D eigenvalue weighted by Gasteiger charge is -2.37. The summed E-state index contributed by atoms with van der Waals surface area (Å²) >= 11 is 0. The van der Waals surface area contributed by atoms with E-state index in [-0.39, 0.29) is 24.3 Å². The third-order valence-electron chi connectivity index (χ3n) is 9.39. The number of benzene rings is 6. The van der Waals surface area contributed by atoms with Crippen LogP contribution in [0.5, 0.6) is 0 Å². The number of carbonyl (C=O) groups excluding carboxylic acids is 2. The number of esters is 2. The van der Waals surface area contributed by atoms with E-state index in [1.807, 2.05) is 121 Å². The lowest BCUT2D eigenvalue weighted by Crippen LogP contribution is -2.50. The molecule has 0 aliphatic carbocycles. The van der Waals surface area contributed by atoms with Crippen molar-refractivity contribution in [3.63, 3.8) is 0 Å². The van der Waals surface area contributed by atoms with Crippen molar-refractivity contribution in [3.05, 3.63) is 215 Å². The summed E-state index contributed by atoms with van der Waals surface area (Å²) in [5, 5.41) is 12.4. The van der Waals surface area contributed by atoms with E-state index in [2.05, 4.69) is 0 Å². The van der Waals surface area contributed by atoms with Crippen molar-refractivity contribution in [2.24, 2.45) is 0 Å². The van der Waals surface area contributed by atoms with Gasteiger partial charge in [-0.3, -0.25) is 0 Å². The first-order valence-electron chi connectivity index (χ1n) is 17.8. The van der Waals surface area contributed by atoms with Crippen LogP contribution in [-0.4, -0.2) is 54.4 Å². The van der Waals surface area contributed by atoms with E-state index in [9.17, 15) is 14.7 Å². The van der Waals surface area contributed by atoms with Gasteiger partial charge in [-0.25, -0.2) is 9.59 Å². The van der Waals surface area contributed by atoms with Crippen molar-refractivity contribution in [3.8, 4) is 0 Å². The lowest BCUT2D eigenvalue weighted by atomic mass is 9.80. The molecule has 1 aliphatic rings. The quantitative estimate of drug-likeness (QED) is 0.0901. The summed E-state index contributed by atoms with van der Waals surface area (Å²) in [6.45, 7) is -0.474. The molecule has 54 heavy (non-hydrogen) atoms. The maximum absolute atomic E-state index is 13.8. The van der Waals surface area contributed by atoms with Crippen LogP contribution in [0.1, 0.15) is 43.0 Å². The summed E-state index contributed by atoms with van der Waals surface area (Å²) in [5.74, 6) is -3.67. The van der Waals surface area contributed by atoms with Gasteiger partial charge in [0.05, 0.1) is 24.3 Å². The highest BCUT2D eigenvalue weighted by atomic mass is 16.7. The van der Waals surface area contributed by atoms with Crippen molar-refractivity contribution in [2.75, 3.05) is 13.2 Å². The van der Waals surface area contributed by atoms with Gasteiger partial charge in [-0.05, 0) is 46.5 Å². The van der Waals surface area contributed by atoms with E-state index in [4.69, 9.17) is 23.7 Å². The van der Waals surface area contributed by atoms with Crippen molar-refractivity contribution < 1.29 is 38.4 Å². The smallest absolute Gasteiger partial charge is 0.338 e. The van der Waals surface area contributed by atoms with Crippen LogP contribution in [0.15, 0.2) is 182 Å². The second kappa shape index (κ2) is 16.8. The molecule has 7 rings (SSSR count). The SMILES string of the molecule is O=C(OC1C(OC(=O)c2ccccc2)[C@@](O)(COCc2ccccc2)O[C@@H]1COC(c1ccccc1)(c1ccccc1)c1ccccc1)c1ccccc1. The maximum Gasteiger partial charge on any atom is 0.338 e. The van der Waals surface area contributed by atoms with Crippen LogP contribution in [0, 0.1) is 0 Å². The van der Waals surface area contributed by atoms with Crippen LogP contribution in [-0.2, 0) is 35.9 Å². The Balaban J connectivity index is 1.28. The van der Waals surface area contributed by atoms with Crippen LogP contribution in [0.2, 0.25) is 0 Å². The summed E-state index contributed by atoms with van der Waals surface area (Å²) in [6.07, 6.45) is -3.97. The van der Waals surface area contributed by atoms with Crippen LogP contribution in [0.3, 0.4) is 0 Å². The van der Waals surface area contributed by atoms with Gasteiger partial charge in [0.25, 0.3) is 0 Å². The molecular weight excluding hydrogens is 680 g/mol. The molecule has 272 valence electrons. The van der Waals surface area contributed by atoms with Crippen molar-refractivity contribution in [1.29, 1.82) is 0 Å². The van der Waals surface area contributed by atoms with Crippen molar-refractivity contribution in [2.45, 2.75) is 36.3 Å². The summed E-state index contributed by atoms with van der Waals surface area (Å²) in [6, 6.07) is 55.7. The fourth-order valence-corrected chi connectivity index (χ4v) is 6.78. The standard InChI is InChI=1S/C46H40O8/c47-43(35-21-9-2-10-22-35)52-41-40(32-51-46(37-25-13-4-14-26-37,38-27-15-5-16-28-38)39-29-17-6-18-30-39)54-45(49,33-50-31-34-19-7-1-8-20-34)42(41)53-44(48)36-23-11-3-12-24-36/h1-30,40-42,49H,31-33H2/t40-,41?,42?,45-/m1/s1. The van der Waals surface area contributed by atoms with Crippen LogP contribution in [0.25, 0.3) is 0 Å². The molecule has 8 nitrogen and oxygen atoms in total. The Morgan fingerprint density at radius 1 is 0.574 bits per heavy atom. The fourth-order valence-electron chi connectivity index (χ4n) is 6.78. The minimum atomic E-state index is -2.25. The monoisotopic (exact) mass is 720 g/mol. The van der Waals surface area contributed by atoms with Gasteiger partial charge in [0, 0.05) is 0 Å². The van der Waals surface area contributed by atoms with Gasteiger partial charge in [-0.2, -0.15) is 0 Å². The van der Waals surface area contributed by atoms with Crippen LogP contribution in [0.4, 0.5) is 0 Å². The topological polar surface area (TPSA) is 101 Å². The normalized spacial score (nSPS) is 19.5. The lowest BCUT2D eigenvalue weighted by molar-refractivity contribution is -0.259. The summed E-state index contributed by atoms with van der Waals surface area (Å²) < 4.78 is 31.8. The Bertz CT molecular complexity index is 1980.